The predicted octanol–water partition coefficient (Wildman–Crippen LogP) is 2.20. The molecule has 148 valence electrons. The third-order valence-corrected chi connectivity index (χ3v) is 5.07. The second-order valence-corrected chi connectivity index (χ2v) is 8.07. The highest BCUT2D eigenvalue weighted by atomic mass is 16.8. The van der Waals surface area contributed by atoms with E-state index < -0.39 is 42.1 Å². The molecule has 3 fully saturated rings. The highest BCUT2D eigenvalue weighted by Gasteiger charge is 2.63. The molecule has 1 unspecified atom stereocenters. The average molecular weight is 378 g/mol. The Hall–Kier alpha value is -1.51. The van der Waals surface area contributed by atoms with E-state index >= 15 is 0 Å². The van der Waals surface area contributed by atoms with Crippen molar-refractivity contribution in [2.45, 2.75) is 76.4 Å². The Balaban J connectivity index is 1.56. The predicted molar refractivity (Wildman–Crippen MR) is 94.2 cm³/mol. The summed E-state index contributed by atoms with van der Waals surface area (Å²) in [5.74, 6) is -1.09. The minimum atomic E-state index is -0.860. The molecule has 0 spiro atoms. The van der Waals surface area contributed by atoms with E-state index in [2.05, 4.69) is 0 Å². The minimum absolute atomic E-state index is 0.148. The van der Waals surface area contributed by atoms with Crippen molar-refractivity contribution in [3.8, 4) is 5.75 Å². The smallest absolute Gasteiger partial charge is 0.196 e. The van der Waals surface area contributed by atoms with Crippen LogP contribution in [0.1, 0.15) is 33.3 Å². The van der Waals surface area contributed by atoms with E-state index in [1.807, 2.05) is 24.3 Å². The zero-order valence-corrected chi connectivity index (χ0v) is 16.3. The van der Waals surface area contributed by atoms with Gasteiger partial charge in [0, 0.05) is 0 Å². The lowest BCUT2D eigenvalue weighted by atomic mass is 9.86. The zero-order valence-electron chi connectivity index (χ0n) is 16.3. The highest BCUT2D eigenvalue weighted by Crippen LogP contribution is 2.43. The second kappa shape index (κ2) is 6.53. The molecule has 2 saturated heterocycles. The van der Waals surface area contributed by atoms with Crippen LogP contribution in [0.25, 0.3) is 0 Å². The first kappa shape index (κ1) is 18.8. The van der Waals surface area contributed by atoms with Gasteiger partial charge in [0.15, 0.2) is 29.6 Å². The van der Waals surface area contributed by atoms with E-state index in [-0.39, 0.29) is 5.78 Å². The Labute approximate surface area is 158 Å². The van der Waals surface area contributed by atoms with Gasteiger partial charge in [-0.25, -0.2) is 0 Å². The quantitative estimate of drug-likeness (QED) is 0.795. The molecule has 7 heteroatoms. The van der Waals surface area contributed by atoms with Gasteiger partial charge in [-0.1, -0.05) is 12.1 Å². The highest BCUT2D eigenvalue weighted by molar-refractivity contribution is 5.90. The fourth-order valence-corrected chi connectivity index (χ4v) is 3.95. The first-order valence-electron chi connectivity index (χ1n) is 9.19. The molecule has 27 heavy (non-hydrogen) atoms. The number of ketones is 1. The summed E-state index contributed by atoms with van der Waals surface area (Å²) in [4.78, 5) is 12.9. The van der Waals surface area contributed by atoms with Gasteiger partial charge in [0.25, 0.3) is 0 Å². The van der Waals surface area contributed by atoms with Crippen molar-refractivity contribution in [1.82, 2.24) is 0 Å². The average Bonchev–Trinajstić information content (AvgIpc) is 3.11. The maximum Gasteiger partial charge on any atom is 0.196 e. The molecular weight excluding hydrogens is 352 g/mol. The topological polar surface area (TPSA) is 72.5 Å². The van der Waals surface area contributed by atoms with Crippen LogP contribution in [0.15, 0.2) is 24.3 Å². The molecule has 0 bridgehead atoms. The number of rotatable bonds is 4. The molecule has 0 amide bonds. The molecule has 2 heterocycles. The number of hydrogen-bond acceptors (Lipinski definition) is 7. The van der Waals surface area contributed by atoms with Crippen molar-refractivity contribution in [2.24, 2.45) is 0 Å². The van der Waals surface area contributed by atoms with Crippen molar-refractivity contribution in [2.75, 3.05) is 7.11 Å². The van der Waals surface area contributed by atoms with Crippen LogP contribution in [-0.4, -0.2) is 55.0 Å². The lowest BCUT2D eigenvalue weighted by molar-refractivity contribution is -0.190. The second-order valence-electron chi connectivity index (χ2n) is 8.07. The van der Waals surface area contributed by atoms with Crippen LogP contribution >= 0.6 is 0 Å². The van der Waals surface area contributed by atoms with E-state index in [9.17, 15) is 4.79 Å². The Morgan fingerprint density at radius 1 is 0.889 bits per heavy atom. The van der Waals surface area contributed by atoms with Crippen LogP contribution in [0.3, 0.4) is 0 Å². The lowest BCUT2D eigenvalue weighted by Crippen LogP contribution is -2.60. The summed E-state index contributed by atoms with van der Waals surface area (Å²) in [5, 5.41) is 0. The molecule has 4 rings (SSSR count). The fourth-order valence-electron chi connectivity index (χ4n) is 3.95. The van der Waals surface area contributed by atoms with Gasteiger partial charge in [-0.05, 0) is 45.4 Å². The summed E-state index contributed by atoms with van der Waals surface area (Å²) in [6, 6.07) is 7.64. The molecule has 0 radical (unpaired) electrons. The number of ether oxygens (including phenoxy) is 6. The Bertz CT molecular complexity index is 678. The third kappa shape index (κ3) is 3.50. The summed E-state index contributed by atoms with van der Waals surface area (Å²) in [5.41, 5.74) is 0.983. The van der Waals surface area contributed by atoms with Gasteiger partial charge in [-0.2, -0.15) is 0 Å². The van der Waals surface area contributed by atoms with Gasteiger partial charge in [0.2, 0.25) is 0 Å². The van der Waals surface area contributed by atoms with E-state index in [1.54, 1.807) is 34.8 Å². The molecule has 7 nitrogen and oxygen atoms in total. The molecule has 0 aromatic heterocycles. The van der Waals surface area contributed by atoms with Crippen LogP contribution in [0.4, 0.5) is 0 Å². The number of fused-ring (bicyclic) bond motifs is 2. The van der Waals surface area contributed by atoms with Crippen molar-refractivity contribution in [3.63, 3.8) is 0 Å². The van der Waals surface area contributed by atoms with Gasteiger partial charge < -0.3 is 28.4 Å². The molecule has 5 atom stereocenters. The molecular formula is C20H26O7. The zero-order chi connectivity index (χ0) is 19.4. The Morgan fingerprint density at radius 3 is 1.89 bits per heavy atom. The van der Waals surface area contributed by atoms with Crippen molar-refractivity contribution in [1.29, 1.82) is 0 Å². The van der Waals surface area contributed by atoms with E-state index in [1.165, 1.54) is 0 Å². The van der Waals surface area contributed by atoms with E-state index in [0.717, 1.165) is 11.3 Å². The first-order valence-corrected chi connectivity index (χ1v) is 9.19. The largest absolute Gasteiger partial charge is 0.497 e. The standard InChI is InChI=1S/C20H26O7/c1-19(2)24-14-13(21)15-18(27-20(3,4)25-15)16(17(14)26-19)23-10-11-6-8-12(22-5)9-7-11/h6-9,14-18H,10H2,1-5H3/t14-,15-,16?,17-,18+/m1/s1. The molecule has 1 aromatic carbocycles. The Kier molecular flexibility index (Phi) is 4.56. The Morgan fingerprint density at radius 2 is 1.41 bits per heavy atom. The van der Waals surface area contributed by atoms with Crippen LogP contribution in [0.2, 0.25) is 0 Å². The van der Waals surface area contributed by atoms with Crippen LogP contribution < -0.4 is 4.74 Å². The van der Waals surface area contributed by atoms with E-state index in [4.69, 9.17) is 28.4 Å². The molecule has 1 aromatic rings. The van der Waals surface area contributed by atoms with Crippen molar-refractivity contribution >= 4 is 5.78 Å². The lowest BCUT2D eigenvalue weighted by Gasteiger charge is -2.36. The van der Waals surface area contributed by atoms with Gasteiger partial charge >= 0.3 is 0 Å². The molecule has 2 aliphatic heterocycles. The normalized spacial score (nSPS) is 36.3. The van der Waals surface area contributed by atoms with Gasteiger partial charge in [-0.15, -0.1) is 0 Å². The fraction of sp³-hybridized carbons (Fsp3) is 0.650. The van der Waals surface area contributed by atoms with E-state index in [0.29, 0.717) is 6.61 Å². The SMILES string of the molecule is COc1ccc(COC2[C@H]3OC(C)(C)O[C@@H]3C(=O)[C@H]3OC(C)(C)O[C@@H]23)cc1. The van der Waals surface area contributed by atoms with Crippen LogP contribution in [0.5, 0.6) is 5.75 Å². The molecule has 1 aliphatic carbocycles. The summed E-state index contributed by atoms with van der Waals surface area (Å²) < 4.78 is 35.1. The summed E-state index contributed by atoms with van der Waals surface area (Å²) in [7, 11) is 1.63. The number of carbonyl (C=O) groups is 1. The van der Waals surface area contributed by atoms with Crippen LogP contribution in [0, 0.1) is 0 Å². The monoisotopic (exact) mass is 378 g/mol. The summed E-state index contributed by atoms with van der Waals surface area (Å²) >= 11 is 0. The minimum Gasteiger partial charge on any atom is -0.497 e. The molecule has 0 N–H and O–H groups in total. The number of carbonyl (C=O) groups excluding carboxylic acids is 1. The van der Waals surface area contributed by atoms with Gasteiger partial charge in [-0.3, -0.25) is 4.79 Å². The molecule has 1 saturated carbocycles. The van der Waals surface area contributed by atoms with Gasteiger partial charge in [0.1, 0.15) is 24.1 Å². The van der Waals surface area contributed by atoms with Gasteiger partial charge in [0.05, 0.1) is 13.7 Å². The van der Waals surface area contributed by atoms with Crippen LogP contribution in [-0.2, 0) is 35.1 Å². The number of Topliss-reactive ketones (excluding diaryl/α,β-unsaturated/α-hetero) is 1. The number of hydrogen-bond donors (Lipinski definition) is 0. The number of benzene rings is 1. The maximum atomic E-state index is 12.9. The molecule has 3 aliphatic rings. The summed E-state index contributed by atoms with van der Waals surface area (Å²) in [6.45, 7) is 7.52. The first-order chi connectivity index (χ1) is 12.7. The third-order valence-electron chi connectivity index (χ3n) is 5.07. The maximum absolute atomic E-state index is 12.9. The summed E-state index contributed by atoms with van der Waals surface area (Å²) in [6.07, 6.45) is -3.00. The number of methoxy groups -OCH3 is 1. The van der Waals surface area contributed by atoms with Crippen molar-refractivity contribution < 1.29 is 33.2 Å². The van der Waals surface area contributed by atoms with Crippen molar-refractivity contribution in [3.05, 3.63) is 29.8 Å².